The first kappa shape index (κ1) is 98.2. The van der Waals surface area contributed by atoms with E-state index in [-0.39, 0.29) is 27.4 Å². The van der Waals surface area contributed by atoms with Crippen LogP contribution in [0.15, 0.2) is 326 Å². The number of nitrogens with zero attached hydrogens (tertiary/aromatic N) is 7. The van der Waals surface area contributed by atoms with E-state index in [1.54, 1.807) is 42.1 Å². The Morgan fingerprint density at radius 1 is 0.329 bits per heavy atom. The lowest BCUT2D eigenvalue weighted by Crippen LogP contribution is -2.49. The van der Waals surface area contributed by atoms with Crippen molar-refractivity contribution in [2.75, 3.05) is 66.4 Å². The summed E-state index contributed by atoms with van der Waals surface area (Å²) in [6.07, 6.45) is 19.3. The van der Waals surface area contributed by atoms with Crippen LogP contribution in [0, 0.1) is 38.5 Å². The fraction of sp³-hybridized carbons (Fsp3) is 0.311. The lowest BCUT2D eigenvalue weighted by molar-refractivity contribution is -0.623. The van der Waals surface area contributed by atoms with Gasteiger partial charge in [0.05, 0.1) is 55.4 Å². The molecule has 4 aliphatic rings. The number of rotatable bonds is 20. The van der Waals surface area contributed by atoms with Crippen molar-refractivity contribution in [2.24, 2.45) is 17.8 Å². The molecule has 0 atom stereocenters. The second kappa shape index (κ2) is 40.3. The van der Waals surface area contributed by atoms with Gasteiger partial charge in [0.15, 0.2) is 58.9 Å². The van der Waals surface area contributed by atoms with Gasteiger partial charge in [0.1, 0.15) is 23.0 Å². The summed E-state index contributed by atoms with van der Waals surface area (Å²) in [5.41, 5.74) is 20.2. The van der Waals surface area contributed by atoms with E-state index in [2.05, 4.69) is 149 Å². The second-order valence-corrected chi connectivity index (χ2v) is 40.4. The fourth-order valence-corrected chi connectivity index (χ4v) is 20.4. The highest BCUT2D eigenvalue weighted by atomic mass is 16.5. The Bertz CT molecular complexity index is 7700. The average Bonchev–Trinajstić information content (AvgIpc) is 1.06. The first-order valence-corrected chi connectivity index (χ1v) is 48.1. The maximum Gasteiger partial charge on any atom is 0.608 e. The molecule has 0 saturated heterocycles. The zero-order valence-corrected chi connectivity index (χ0v) is 84.3. The molecule has 17 aromatic rings. The van der Waals surface area contributed by atoms with Gasteiger partial charge < -0.3 is 50.8 Å². The van der Waals surface area contributed by atoms with Crippen LogP contribution in [0.5, 0.6) is 23.0 Å². The molecule has 4 saturated carbocycles. The van der Waals surface area contributed by atoms with Crippen molar-refractivity contribution in [3.63, 3.8) is 0 Å². The molecule has 21 heteroatoms. The summed E-state index contributed by atoms with van der Waals surface area (Å²) >= 11 is 0. The smallest absolute Gasteiger partial charge is 0.497 e. The van der Waals surface area contributed by atoms with Crippen molar-refractivity contribution >= 4 is 66.2 Å². The quantitative estimate of drug-likeness (QED) is 0.0649. The van der Waals surface area contributed by atoms with E-state index < -0.39 is 28.4 Å². The molecular formula is C119H128N7O14+5. The number of hydrogen-bond donors (Lipinski definition) is 0. The first-order valence-electron chi connectivity index (χ1n) is 48.1. The van der Waals surface area contributed by atoms with Crippen LogP contribution < -0.4 is 80.4 Å². The Hall–Kier alpha value is -14.9. The van der Waals surface area contributed by atoms with Crippen molar-refractivity contribution in [2.45, 2.75) is 168 Å². The first-order chi connectivity index (χ1) is 66.9. The third kappa shape index (κ3) is 20.5. The largest absolute Gasteiger partial charge is 0.608 e. The van der Waals surface area contributed by atoms with E-state index in [0.29, 0.717) is 28.0 Å². The number of fused-ring (bicyclic) bond motifs is 5. The predicted octanol–water partition coefficient (Wildman–Crippen LogP) is 21.9. The molecule has 0 unspecified atom stereocenters. The highest BCUT2D eigenvalue weighted by Gasteiger charge is 2.53. The molecule has 140 heavy (non-hydrogen) atoms. The van der Waals surface area contributed by atoms with Crippen LogP contribution in [-0.2, 0) is 27.1 Å². The van der Waals surface area contributed by atoms with Crippen LogP contribution in [0.2, 0.25) is 0 Å². The van der Waals surface area contributed by atoms with Gasteiger partial charge in [0.25, 0.3) is 0 Å². The standard InChI is InChI=1S/C33H32NO3.C26H28NO3.C25H32NO3.C18H20N3O2.C17H16NO3/c1-32(2,24-12-8-6-9-13-24)26-20-23-22-34(27-16-18-28(36-5)19-17-27)31(35)37-30(23)29(21-26)33(3,4)25-14-10-7-11-15-25;1-16-7-20-15-27(21-3-5-22(29-2)6-4-21)25(28)30-24(20)23(8-16)26-12-17-9-18(13-26)11-19(10-17)14-26;1-8-24(3,4)18-14-17-16-26(19-10-12-20(28-7)13-11-19)23(27)29-22(17)21(15-18)25(5,6)9-2;1-19(2)14-5-7-15(8-6-14)21-12-13-11-16(20(3)4)9-10-17(13)23-18(21)22;1-11-8-12(2)16-13(9-11)10-18(17(19)21-16)14-4-6-15(20-3)7-5-14/h6-22H,1-5H3;3-8,15,17-19H,9-14H2,1-2H3;10-16H,8-9H2,1-7H3;5-12H,1-4H3;4-10H,1-3H3/q5*+1. The number of aromatic nitrogens is 5. The molecule has 5 heterocycles. The molecule has 4 fully saturated rings. The average molecular weight is 1880 g/mol. The van der Waals surface area contributed by atoms with Gasteiger partial charge in [0, 0.05) is 128 Å². The van der Waals surface area contributed by atoms with Gasteiger partial charge >= 0.3 is 28.8 Å². The molecule has 0 aliphatic heterocycles. The minimum atomic E-state index is -0.433. The molecule has 0 radical (unpaired) electrons. The topological polar surface area (TPSA) is 214 Å². The third-order valence-corrected chi connectivity index (χ3v) is 29.1. The number of benzene rings is 12. The predicted molar refractivity (Wildman–Crippen MR) is 553 cm³/mol. The monoisotopic (exact) mass is 1880 g/mol. The molecule has 718 valence electrons. The minimum Gasteiger partial charge on any atom is -0.497 e. The van der Waals surface area contributed by atoms with Crippen LogP contribution in [0.4, 0.5) is 11.4 Å². The van der Waals surface area contributed by atoms with Gasteiger partial charge in [0.2, 0.25) is 28.4 Å². The molecular weight excluding hydrogens is 1750 g/mol. The van der Waals surface area contributed by atoms with E-state index in [0.717, 1.165) is 154 Å². The number of anilines is 2. The van der Waals surface area contributed by atoms with Crippen LogP contribution in [0.1, 0.15) is 176 Å². The van der Waals surface area contributed by atoms with Gasteiger partial charge in [-0.2, -0.15) is 24.0 Å². The summed E-state index contributed by atoms with van der Waals surface area (Å²) in [4.78, 5) is 67.6. The zero-order chi connectivity index (χ0) is 99.6. The van der Waals surface area contributed by atoms with Crippen molar-refractivity contribution in [3.8, 4) is 51.4 Å². The van der Waals surface area contributed by atoms with E-state index in [4.69, 9.17) is 41.0 Å². The van der Waals surface area contributed by atoms with Crippen LogP contribution in [-0.4, -0.2) is 56.6 Å². The van der Waals surface area contributed by atoms with Gasteiger partial charge in [-0.25, -0.2) is 0 Å². The summed E-state index contributed by atoms with van der Waals surface area (Å²) in [6.45, 7) is 28.3. The number of hydrogen-bond acceptors (Lipinski definition) is 16. The van der Waals surface area contributed by atoms with E-state index in [1.165, 1.54) is 69.9 Å². The van der Waals surface area contributed by atoms with Crippen LogP contribution in [0.3, 0.4) is 0 Å². The van der Waals surface area contributed by atoms with Gasteiger partial charge in [-0.15, -0.1) is 0 Å². The van der Waals surface area contributed by atoms with Gasteiger partial charge in [-0.1, -0.05) is 177 Å². The van der Waals surface area contributed by atoms with E-state index in [9.17, 15) is 24.0 Å². The van der Waals surface area contributed by atoms with Crippen molar-refractivity contribution in [1.29, 1.82) is 0 Å². The second-order valence-electron chi connectivity index (χ2n) is 40.4. The zero-order valence-electron chi connectivity index (χ0n) is 84.3. The van der Waals surface area contributed by atoms with Crippen molar-refractivity contribution < 1.29 is 63.9 Å². The molecule has 21 nitrogen and oxygen atoms in total. The molecule has 0 spiro atoms. The number of aryl methyl sites for hydroxylation is 3. The van der Waals surface area contributed by atoms with Crippen molar-refractivity contribution in [3.05, 3.63) is 388 Å². The molecule has 0 N–H and O–H groups in total. The van der Waals surface area contributed by atoms with Crippen molar-refractivity contribution in [1.82, 2.24) is 0 Å². The van der Waals surface area contributed by atoms with Gasteiger partial charge in [-0.05, 0) is 248 Å². The summed E-state index contributed by atoms with van der Waals surface area (Å²) in [5, 5.41) is 4.61. The summed E-state index contributed by atoms with van der Waals surface area (Å²) < 4.78 is 57.6. The molecule has 0 amide bonds. The summed E-state index contributed by atoms with van der Waals surface area (Å²) in [5.74, 6) is 3.60. The molecule has 4 bridgehead atoms. The molecule has 4 aliphatic carbocycles. The SMILES string of the molecule is CCC(C)(C)c1cc(C(C)(C)CC)c2oc(=O)[n+](-c3ccc(OC)cc3)cc2c1.CN(C)c1ccc(-[n+]2cc3cc(N(C)C)ccc3oc2=O)cc1.COc1ccc(-[n+]2cc3cc(C(C)(C)c4ccccc4)cc(C(C)(C)c4ccccc4)c3oc2=O)cc1.COc1ccc(-[n+]2cc3cc(C)cc(C)c3oc2=O)cc1.COc1ccc(-[n+]2cc3cc(C)cc(C45CC6CC(CC(C6)C4)C5)c3oc2=O)cc1. The van der Waals surface area contributed by atoms with Crippen LogP contribution >= 0.6 is 0 Å². The Balaban J connectivity index is 0.000000128. The fourth-order valence-electron chi connectivity index (χ4n) is 20.4. The number of ether oxygens (including phenoxy) is 4. The van der Waals surface area contributed by atoms with Gasteiger partial charge in [-0.3, -0.25) is 0 Å². The lowest BCUT2D eigenvalue weighted by Gasteiger charge is -2.57. The summed E-state index contributed by atoms with van der Waals surface area (Å²) in [6, 6.07) is 81.2. The Morgan fingerprint density at radius 3 is 1.07 bits per heavy atom. The summed E-state index contributed by atoms with van der Waals surface area (Å²) in [7, 11) is 14.4. The Morgan fingerprint density at radius 2 is 0.664 bits per heavy atom. The molecule has 5 aromatic heterocycles. The highest BCUT2D eigenvalue weighted by molar-refractivity contribution is 5.85. The van der Waals surface area contributed by atoms with Crippen LogP contribution in [0.25, 0.3) is 83.3 Å². The molecule has 12 aromatic carbocycles. The van der Waals surface area contributed by atoms with E-state index >= 15 is 0 Å². The lowest BCUT2D eigenvalue weighted by atomic mass is 9.48. The molecule has 21 rings (SSSR count). The Labute approximate surface area is 817 Å². The minimum absolute atomic E-state index is 0.0356. The maximum atomic E-state index is 13.3. The third-order valence-electron chi connectivity index (χ3n) is 29.1. The highest BCUT2D eigenvalue weighted by Crippen LogP contribution is 2.62. The normalized spacial score (nSPS) is 15.4. The number of methoxy groups -OCH3 is 4. The Kier molecular flexibility index (Phi) is 28.3. The maximum absolute atomic E-state index is 13.3. The van der Waals surface area contributed by atoms with E-state index in [1.807, 2.05) is 259 Å².